The summed E-state index contributed by atoms with van der Waals surface area (Å²) in [6.07, 6.45) is 11.3. The predicted molar refractivity (Wildman–Crippen MR) is 67.6 cm³/mol. The molecule has 94 valence electrons. The lowest BCUT2D eigenvalue weighted by Crippen LogP contribution is -2.30. The molecule has 3 nitrogen and oxygen atoms in total. The van der Waals surface area contributed by atoms with Crippen molar-refractivity contribution in [3.8, 4) is 0 Å². The molecular formula is C14H22N2O. The Morgan fingerprint density at radius 3 is 2.59 bits per heavy atom. The van der Waals surface area contributed by atoms with E-state index >= 15 is 0 Å². The van der Waals surface area contributed by atoms with E-state index in [1.54, 1.807) is 0 Å². The van der Waals surface area contributed by atoms with E-state index in [1.807, 2.05) is 0 Å². The maximum absolute atomic E-state index is 11.5. The third kappa shape index (κ3) is 2.70. The molecule has 0 aromatic carbocycles. The molecule has 17 heavy (non-hydrogen) atoms. The first-order chi connectivity index (χ1) is 8.33. The second kappa shape index (κ2) is 4.79. The van der Waals surface area contributed by atoms with E-state index in [9.17, 15) is 4.79 Å². The van der Waals surface area contributed by atoms with Crippen LogP contribution in [0.25, 0.3) is 0 Å². The zero-order valence-electron chi connectivity index (χ0n) is 10.5. The fraction of sp³-hybridized carbons (Fsp3) is 0.857. The summed E-state index contributed by atoms with van der Waals surface area (Å²) >= 11 is 0. The van der Waals surface area contributed by atoms with E-state index < -0.39 is 0 Å². The second-order valence-corrected chi connectivity index (χ2v) is 5.98. The van der Waals surface area contributed by atoms with Crippen LogP contribution in [0.2, 0.25) is 0 Å². The number of fused-ring (bicyclic) bond motifs is 1. The normalized spacial score (nSPS) is 35.4. The van der Waals surface area contributed by atoms with Crippen molar-refractivity contribution in [3.63, 3.8) is 0 Å². The Morgan fingerprint density at radius 2 is 1.82 bits per heavy atom. The van der Waals surface area contributed by atoms with Gasteiger partial charge < -0.3 is 0 Å². The summed E-state index contributed by atoms with van der Waals surface area (Å²) in [5.41, 5.74) is 4.00. The second-order valence-electron chi connectivity index (χ2n) is 5.98. The van der Waals surface area contributed by atoms with Crippen LogP contribution in [0, 0.1) is 17.8 Å². The topological polar surface area (TPSA) is 41.5 Å². The largest absolute Gasteiger partial charge is 0.273 e. The Labute approximate surface area is 103 Å². The lowest BCUT2D eigenvalue weighted by molar-refractivity contribution is -0.122. The number of amides is 1. The van der Waals surface area contributed by atoms with Crippen LogP contribution in [-0.4, -0.2) is 11.6 Å². The van der Waals surface area contributed by atoms with E-state index in [1.165, 1.54) is 37.8 Å². The molecule has 0 radical (unpaired) electrons. The third-order valence-electron chi connectivity index (χ3n) is 4.64. The van der Waals surface area contributed by atoms with Crippen molar-refractivity contribution < 1.29 is 4.79 Å². The number of rotatable bonds is 2. The van der Waals surface area contributed by atoms with Crippen LogP contribution >= 0.6 is 0 Å². The molecule has 0 spiro atoms. The highest BCUT2D eigenvalue weighted by Gasteiger charge is 2.31. The molecule has 0 aromatic heterocycles. The number of nitrogens with zero attached hydrogens (tertiary/aromatic N) is 1. The maximum atomic E-state index is 11.5. The first kappa shape index (κ1) is 11.2. The Bertz CT molecular complexity index is 333. The van der Waals surface area contributed by atoms with Gasteiger partial charge in [0.05, 0.1) is 0 Å². The quantitative estimate of drug-likeness (QED) is 0.733. The van der Waals surface area contributed by atoms with Crippen molar-refractivity contribution in [3.05, 3.63) is 0 Å². The molecule has 3 heteroatoms. The van der Waals surface area contributed by atoms with Gasteiger partial charge in [-0.3, -0.25) is 4.79 Å². The summed E-state index contributed by atoms with van der Waals surface area (Å²) in [5.74, 6) is 2.21. The molecule has 1 N–H and O–H groups in total. The Balaban J connectivity index is 1.53. The van der Waals surface area contributed by atoms with Gasteiger partial charge in [0.1, 0.15) is 0 Å². The zero-order chi connectivity index (χ0) is 11.7. The SMILES string of the molecule is O=C(N/N=C1\CC[C@H]2CCCC[C@H]2C1)C1CC1. The molecule has 0 aliphatic heterocycles. The standard InChI is InChI=1S/C14H22N2O/c17-14(11-5-6-11)16-15-13-8-7-10-3-1-2-4-12(10)9-13/h10-12H,1-9H2,(H,16,17)/b15-13+/t10-,12+/m1/s1. The van der Waals surface area contributed by atoms with Gasteiger partial charge in [-0.1, -0.05) is 19.3 Å². The minimum Gasteiger partial charge on any atom is -0.273 e. The van der Waals surface area contributed by atoms with Crippen LogP contribution in [0.4, 0.5) is 0 Å². The van der Waals surface area contributed by atoms with Gasteiger partial charge in [-0.2, -0.15) is 5.10 Å². The summed E-state index contributed by atoms with van der Waals surface area (Å²) < 4.78 is 0. The molecule has 0 aromatic rings. The summed E-state index contributed by atoms with van der Waals surface area (Å²) in [5, 5.41) is 4.35. The first-order valence-electron chi connectivity index (χ1n) is 7.18. The molecule has 0 bridgehead atoms. The van der Waals surface area contributed by atoms with Crippen molar-refractivity contribution in [1.29, 1.82) is 0 Å². The van der Waals surface area contributed by atoms with Crippen molar-refractivity contribution in [2.75, 3.05) is 0 Å². The average molecular weight is 234 g/mol. The molecule has 3 rings (SSSR count). The fourth-order valence-electron chi connectivity index (χ4n) is 3.36. The molecule has 3 aliphatic carbocycles. The Hall–Kier alpha value is -0.860. The van der Waals surface area contributed by atoms with Gasteiger partial charge in [-0.15, -0.1) is 0 Å². The number of carbonyl (C=O) groups excluding carboxylic acids is 1. The molecule has 2 atom stereocenters. The van der Waals surface area contributed by atoms with Gasteiger partial charge in [0, 0.05) is 11.6 Å². The van der Waals surface area contributed by atoms with Crippen LogP contribution < -0.4 is 5.43 Å². The smallest absolute Gasteiger partial charge is 0.243 e. The van der Waals surface area contributed by atoms with E-state index in [-0.39, 0.29) is 11.8 Å². The lowest BCUT2D eigenvalue weighted by Gasteiger charge is -2.35. The number of carbonyl (C=O) groups is 1. The molecule has 3 fully saturated rings. The van der Waals surface area contributed by atoms with Crippen molar-refractivity contribution in [1.82, 2.24) is 5.43 Å². The molecule has 0 unspecified atom stereocenters. The van der Waals surface area contributed by atoms with Crippen molar-refractivity contribution >= 4 is 11.6 Å². The van der Waals surface area contributed by atoms with Gasteiger partial charge in [-0.05, 0) is 50.4 Å². The minimum atomic E-state index is 0.142. The predicted octanol–water partition coefficient (Wildman–Crippen LogP) is 2.86. The summed E-state index contributed by atoms with van der Waals surface area (Å²) in [4.78, 5) is 11.5. The molecule has 0 heterocycles. The van der Waals surface area contributed by atoms with E-state index in [0.717, 1.165) is 37.5 Å². The van der Waals surface area contributed by atoms with Crippen LogP contribution in [-0.2, 0) is 4.79 Å². The van der Waals surface area contributed by atoms with Crippen LogP contribution in [0.1, 0.15) is 57.8 Å². The highest BCUT2D eigenvalue weighted by atomic mass is 16.2. The van der Waals surface area contributed by atoms with Crippen molar-refractivity contribution in [2.24, 2.45) is 22.9 Å². The highest BCUT2D eigenvalue weighted by Crippen LogP contribution is 2.39. The van der Waals surface area contributed by atoms with Crippen molar-refractivity contribution in [2.45, 2.75) is 57.8 Å². The number of nitrogens with one attached hydrogen (secondary N) is 1. The van der Waals surface area contributed by atoms with Crippen LogP contribution in [0.3, 0.4) is 0 Å². The molecule has 0 saturated heterocycles. The first-order valence-corrected chi connectivity index (χ1v) is 7.18. The van der Waals surface area contributed by atoms with E-state index in [2.05, 4.69) is 10.5 Å². The fourth-order valence-corrected chi connectivity index (χ4v) is 3.36. The number of hydrogen-bond donors (Lipinski definition) is 1. The van der Waals surface area contributed by atoms with Gasteiger partial charge in [0.15, 0.2) is 0 Å². The molecular weight excluding hydrogens is 212 g/mol. The van der Waals surface area contributed by atoms with Gasteiger partial charge in [-0.25, -0.2) is 5.43 Å². The number of hydrogen-bond acceptors (Lipinski definition) is 2. The third-order valence-corrected chi connectivity index (χ3v) is 4.64. The number of hydrazone groups is 1. The van der Waals surface area contributed by atoms with E-state index in [4.69, 9.17) is 0 Å². The summed E-state index contributed by atoms with van der Waals surface area (Å²) in [7, 11) is 0. The van der Waals surface area contributed by atoms with Crippen LogP contribution in [0.5, 0.6) is 0 Å². The Morgan fingerprint density at radius 1 is 1.06 bits per heavy atom. The zero-order valence-corrected chi connectivity index (χ0v) is 10.5. The summed E-state index contributed by atoms with van der Waals surface area (Å²) in [6.45, 7) is 0. The summed E-state index contributed by atoms with van der Waals surface area (Å²) in [6, 6.07) is 0. The lowest BCUT2D eigenvalue weighted by atomic mass is 9.70. The molecule has 3 aliphatic rings. The minimum absolute atomic E-state index is 0.142. The van der Waals surface area contributed by atoms with Gasteiger partial charge in [0.25, 0.3) is 0 Å². The monoisotopic (exact) mass is 234 g/mol. The highest BCUT2D eigenvalue weighted by molar-refractivity contribution is 5.88. The van der Waals surface area contributed by atoms with Gasteiger partial charge in [0.2, 0.25) is 5.91 Å². The maximum Gasteiger partial charge on any atom is 0.243 e. The van der Waals surface area contributed by atoms with E-state index in [0.29, 0.717) is 0 Å². The molecule has 3 saturated carbocycles. The molecule has 1 amide bonds. The Kier molecular flexibility index (Phi) is 3.17. The van der Waals surface area contributed by atoms with Crippen LogP contribution in [0.15, 0.2) is 5.10 Å². The average Bonchev–Trinajstić information content (AvgIpc) is 3.20. The van der Waals surface area contributed by atoms with Gasteiger partial charge >= 0.3 is 0 Å².